The number of halogens is 3. The Balaban J connectivity index is 1.39. The van der Waals surface area contributed by atoms with Gasteiger partial charge in [-0.3, -0.25) is 4.90 Å². The molecule has 2 saturated heterocycles. The van der Waals surface area contributed by atoms with Crippen LogP contribution in [0.15, 0.2) is 0 Å². The number of rotatable bonds is 2. The number of nitrogens with zero attached hydrogens (tertiary/aromatic N) is 1. The van der Waals surface area contributed by atoms with Gasteiger partial charge in [-0.25, -0.2) is 0 Å². The largest absolute Gasteiger partial charge is 0.389 e. The van der Waals surface area contributed by atoms with E-state index in [1.807, 2.05) is 0 Å². The monoisotopic (exact) mass is 234 g/mol. The quantitative estimate of drug-likeness (QED) is 0.781. The van der Waals surface area contributed by atoms with Gasteiger partial charge >= 0.3 is 6.18 Å². The predicted molar refractivity (Wildman–Crippen MR) is 54.1 cm³/mol. The molecule has 1 spiro atoms. The van der Waals surface area contributed by atoms with Gasteiger partial charge in [-0.1, -0.05) is 0 Å². The third kappa shape index (κ3) is 1.84. The highest BCUT2D eigenvalue weighted by Crippen LogP contribution is 2.48. The normalized spacial score (nSPS) is 30.9. The van der Waals surface area contributed by atoms with Gasteiger partial charge in [0.15, 0.2) is 0 Å². The molecule has 0 radical (unpaired) electrons. The van der Waals surface area contributed by atoms with E-state index in [0.717, 1.165) is 13.1 Å². The highest BCUT2D eigenvalue weighted by Gasteiger charge is 2.52. The standard InChI is InChI=1S/C11H17F3N2/c12-11(13,14)1-8-4-16(5-8)9-2-10(3-9)6-15-7-10/h8-9,15H,1-7H2. The molecule has 16 heavy (non-hydrogen) atoms. The maximum Gasteiger partial charge on any atom is 0.389 e. The van der Waals surface area contributed by atoms with Crippen molar-refractivity contribution in [2.45, 2.75) is 31.5 Å². The summed E-state index contributed by atoms with van der Waals surface area (Å²) in [5.74, 6) is -0.143. The molecule has 5 heteroatoms. The topological polar surface area (TPSA) is 15.3 Å². The van der Waals surface area contributed by atoms with E-state index in [0.29, 0.717) is 24.5 Å². The zero-order valence-corrected chi connectivity index (χ0v) is 9.19. The molecule has 0 amide bonds. The first kappa shape index (κ1) is 10.8. The first-order valence-electron chi connectivity index (χ1n) is 5.97. The van der Waals surface area contributed by atoms with Gasteiger partial charge in [-0.2, -0.15) is 13.2 Å². The third-order valence-electron chi connectivity index (χ3n) is 4.36. The van der Waals surface area contributed by atoms with Crippen LogP contribution in [-0.4, -0.2) is 43.3 Å². The summed E-state index contributed by atoms with van der Waals surface area (Å²) >= 11 is 0. The fourth-order valence-electron chi connectivity index (χ4n) is 3.33. The average molecular weight is 234 g/mol. The number of nitrogens with one attached hydrogen (secondary N) is 1. The summed E-state index contributed by atoms with van der Waals surface area (Å²) < 4.78 is 36.3. The molecule has 92 valence electrons. The van der Waals surface area contributed by atoms with Crippen molar-refractivity contribution in [3.8, 4) is 0 Å². The molecule has 1 N–H and O–H groups in total. The Hall–Kier alpha value is -0.290. The fraction of sp³-hybridized carbons (Fsp3) is 1.00. The van der Waals surface area contributed by atoms with Gasteiger partial charge in [0, 0.05) is 38.6 Å². The molecule has 1 aliphatic carbocycles. The molecule has 0 aromatic carbocycles. The van der Waals surface area contributed by atoms with Gasteiger partial charge in [0.2, 0.25) is 0 Å². The lowest BCUT2D eigenvalue weighted by molar-refractivity contribution is -0.165. The minimum absolute atomic E-state index is 0.143. The molecule has 2 aliphatic heterocycles. The summed E-state index contributed by atoms with van der Waals surface area (Å²) in [4.78, 5) is 2.24. The Morgan fingerprint density at radius 1 is 1.19 bits per heavy atom. The van der Waals surface area contributed by atoms with Crippen molar-refractivity contribution in [2.75, 3.05) is 26.2 Å². The summed E-state index contributed by atoms with van der Waals surface area (Å²) in [5, 5.41) is 3.27. The molecule has 0 aromatic rings. The van der Waals surface area contributed by atoms with Crippen molar-refractivity contribution in [1.29, 1.82) is 0 Å². The maximum absolute atomic E-state index is 12.1. The lowest BCUT2D eigenvalue weighted by Crippen LogP contribution is -2.68. The molecule has 3 aliphatic rings. The SMILES string of the molecule is FC(F)(F)CC1CN(C2CC3(CNC3)C2)C1. The van der Waals surface area contributed by atoms with Crippen LogP contribution in [0.1, 0.15) is 19.3 Å². The number of likely N-dealkylation sites (tertiary alicyclic amines) is 1. The molecule has 0 aromatic heterocycles. The summed E-state index contributed by atoms with van der Waals surface area (Å²) in [7, 11) is 0. The molecule has 3 fully saturated rings. The molecule has 2 heterocycles. The van der Waals surface area contributed by atoms with Crippen molar-refractivity contribution in [3.05, 3.63) is 0 Å². The van der Waals surface area contributed by atoms with Gasteiger partial charge in [-0.15, -0.1) is 0 Å². The molecule has 0 unspecified atom stereocenters. The zero-order chi connectivity index (χ0) is 11.4. The van der Waals surface area contributed by atoms with Crippen molar-refractivity contribution in [1.82, 2.24) is 10.2 Å². The number of alkyl halides is 3. The first-order valence-corrected chi connectivity index (χ1v) is 5.97. The van der Waals surface area contributed by atoms with E-state index in [4.69, 9.17) is 0 Å². The first-order chi connectivity index (χ1) is 7.46. The van der Waals surface area contributed by atoms with E-state index in [-0.39, 0.29) is 5.92 Å². The van der Waals surface area contributed by atoms with E-state index in [9.17, 15) is 13.2 Å². The Kier molecular flexibility index (Phi) is 2.27. The van der Waals surface area contributed by atoms with Crippen LogP contribution in [0.3, 0.4) is 0 Å². The lowest BCUT2D eigenvalue weighted by atomic mass is 9.60. The summed E-state index contributed by atoms with van der Waals surface area (Å²) in [6.07, 6.45) is -2.18. The van der Waals surface area contributed by atoms with Crippen LogP contribution >= 0.6 is 0 Å². The molecule has 2 nitrogen and oxygen atoms in total. The summed E-state index contributed by atoms with van der Waals surface area (Å²) in [6, 6.07) is 0.576. The second-order valence-electron chi connectivity index (χ2n) is 5.80. The van der Waals surface area contributed by atoms with Gasteiger partial charge in [0.25, 0.3) is 0 Å². The van der Waals surface area contributed by atoms with Crippen molar-refractivity contribution >= 4 is 0 Å². The second-order valence-corrected chi connectivity index (χ2v) is 5.80. The second kappa shape index (κ2) is 3.35. The van der Waals surface area contributed by atoms with Gasteiger partial charge in [0.1, 0.15) is 0 Å². The zero-order valence-electron chi connectivity index (χ0n) is 9.19. The Morgan fingerprint density at radius 3 is 2.25 bits per heavy atom. The van der Waals surface area contributed by atoms with E-state index in [1.54, 1.807) is 0 Å². The lowest BCUT2D eigenvalue weighted by Gasteiger charge is -2.60. The van der Waals surface area contributed by atoms with Crippen molar-refractivity contribution in [3.63, 3.8) is 0 Å². The maximum atomic E-state index is 12.1. The Morgan fingerprint density at radius 2 is 1.81 bits per heavy atom. The van der Waals surface area contributed by atoms with E-state index < -0.39 is 12.6 Å². The van der Waals surface area contributed by atoms with Crippen LogP contribution in [0.2, 0.25) is 0 Å². The smallest absolute Gasteiger partial charge is 0.316 e. The molecule has 3 rings (SSSR count). The van der Waals surface area contributed by atoms with Gasteiger partial charge in [0.05, 0.1) is 0 Å². The third-order valence-corrected chi connectivity index (χ3v) is 4.36. The van der Waals surface area contributed by atoms with Crippen molar-refractivity contribution < 1.29 is 13.2 Å². The molecular weight excluding hydrogens is 217 g/mol. The summed E-state index contributed by atoms with van der Waals surface area (Å²) in [6.45, 7) is 3.55. The highest BCUT2D eigenvalue weighted by molar-refractivity contribution is 5.07. The minimum atomic E-state index is -3.98. The Bertz CT molecular complexity index is 271. The molecule has 1 saturated carbocycles. The van der Waals surface area contributed by atoms with Crippen LogP contribution in [0.25, 0.3) is 0 Å². The van der Waals surface area contributed by atoms with E-state index >= 15 is 0 Å². The number of hydrogen-bond acceptors (Lipinski definition) is 2. The summed E-state index contributed by atoms with van der Waals surface area (Å²) in [5.41, 5.74) is 0.528. The number of hydrogen-bond donors (Lipinski definition) is 1. The van der Waals surface area contributed by atoms with Crippen LogP contribution in [-0.2, 0) is 0 Å². The average Bonchev–Trinajstić information content (AvgIpc) is 1.90. The molecule has 0 atom stereocenters. The Labute approximate surface area is 93.2 Å². The van der Waals surface area contributed by atoms with Crippen LogP contribution < -0.4 is 5.32 Å². The molecule has 0 bridgehead atoms. The van der Waals surface area contributed by atoms with Crippen LogP contribution in [0, 0.1) is 11.3 Å². The predicted octanol–water partition coefficient (Wildman–Crippen LogP) is 1.62. The highest BCUT2D eigenvalue weighted by atomic mass is 19.4. The van der Waals surface area contributed by atoms with Crippen LogP contribution in [0.5, 0.6) is 0 Å². The van der Waals surface area contributed by atoms with Gasteiger partial charge in [-0.05, 0) is 24.2 Å². The van der Waals surface area contributed by atoms with E-state index in [1.165, 1.54) is 12.8 Å². The fourth-order valence-corrected chi connectivity index (χ4v) is 3.33. The van der Waals surface area contributed by atoms with E-state index in [2.05, 4.69) is 10.2 Å². The van der Waals surface area contributed by atoms with Crippen molar-refractivity contribution in [2.24, 2.45) is 11.3 Å². The van der Waals surface area contributed by atoms with Crippen LogP contribution in [0.4, 0.5) is 13.2 Å². The minimum Gasteiger partial charge on any atom is -0.316 e. The van der Waals surface area contributed by atoms with Gasteiger partial charge < -0.3 is 5.32 Å². The molecular formula is C11H17F3N2.